The number of anilines is 1. The van der Waals surface area contributed by atoms with Gasteiger partial charge in [-0.2, -0.15) is 0 Å². The third kappa shape index (κ3) is 3.77. The predicted molar refractivity (Wildman–Crippen MR) is 96.5 cm³/mol. The normalized spacial score (nSPS) is 11.3. The lowest BCUT2D eigenvalue weighted by Crippen LogP contribution is -2.07. The SMILES string of the molecule is CN(C)c1ccc(N=Nc2c(CC(=O)O)nc3ccc(Cl)cn23)cc1. The summed E-state index contributed by atoms with van der Waals surface area (Å²) in [5, 5.41) is 18.0. The predicted octanol–water partition coefficient (Wildman–Crippen LogP) is 4.10. The first-order valence-electron chi connectivity index (χ1n) is 7.51. The first-order chi connectivity index (χ1) is 11.9. The molecule has 3 aromatic rings. The van der Waals surface area contributed by atoms with Crippen LogP contribution < -0.4 is 4.90 Å². The molecule has 0 aliphatic carbocycles. The molecule has 0 amide bonds. The Morgan fingerprint density at radius 2 is 1.92 bits per heavy atom. The van der Waals surface area contributed by atoms with E-state index in [1.807, 2.05) is 43.3 Å². The van der Waals surface area contributed by atoms with Crippen molar-refractivity contribution in [3.63, 3.8) is 0 Å². The zero-order chi connectivity index (χ0) is 18.0. The lowest BCUT2D eigenvalue weighted by atomic mass is 10.3. The average Bonchev–Trinajstić information content (AvgIpc) is 2.89. The second-order valence-electron chi connectivity index (χ2n) is 5.64. The van der Waals surface area contributed by atoms with Crippen molar-refractivity contribution in [1.82, 2.24) is 9.38 Å². The maximum absolute atomic E-state index is 11.1. The van der Waals surface area contributed by atoms with E-state index in [1.165, 1.54) is 0 Å². The number of azo groups is 1. The minimum absolute atomic E-state index is 0.243. The summed E-state index contributed by atoms with van der Waals surface area (Å²) in [6, 6.07) is 10.9. The van der Waals surface area contributed by atoms with Gasteiger partial charge in [0.2, 0.25) is 0 Å². The third-order valence-corrected chi connectivity index (χ3v) is 3.80. The highest BCUT2D eigenvalue weighted by atomic mass is 35.5. The van der Waals surface area contributed by atoms with Crippen LogP contribution in [-0.4, -0.2) is 34.6 Å². The number of imidazole rings is 1. The summed E-state index contributed by atoms with van der Waals surface area (Å²) in [5.41, 5.74) is 2.61. The van der Waals surface area contributed by atoms with Gasteiger partial charge in [-0.25, -0.2) is 4.98 Å². The number of aliphatic carboxylic acids is 1. The summed E-state index contributed by atoms with van der Waals surface area (Å²) in [6.07, 6.45) is 1.39. The molecule has 2 aromatic heterocycles. The van der Waals surface area contributed by atoms with Crippen LogP contribution in [0, 0.1) is 0 Å². The highest BCUT2D eigenvalue weighted by molar-refractivity contribution is 6.30. The van der Waals surface area contributed by atoms with E-state index in [1.54, 1.807) is 22.7 Å². The van der Waals surface area contributed by atoms with Gasteiger partial charge in [-0.05, 0) is 36.4 Å². The van der Waals surface area contributed by atoms with E-state index in [2.05, 4.69) is 15.2 Å². The summed E-state index contributed by atoms with van der Waals surface area (Å²) in [7, 11) is 3.91. The molecule has 0 unspecified atom stereocenters. The highest BCUT2D eigenvalue weighted by Gasteiger charge is 2.15. The smallest absolute Gasteiger partial charge is 0.309 e. The van der Waals surface area contributed by atoms with Gasteiger partial charge in [0.1, 0.15) is 5.65 Å². The minimum atomic E-state index is -0.985. The van der Waals surface area contributed by atoms with Crippen molar-refractivity contribution in [2.75, 3.05) is 19.0 Å². The molecule has 8 heteroatoms. The molecule has 0 bridgehead atoms. The van der Waals surface area contributed by atoms with E-state index in [9.17, 15) is 4.79 Å². The Morgan fingerprint density at radius 1 is 1.20 bits per heavy atom. The van der Waals surface area contributed by atoms with Crippen LogP contribution in [0.25, 0.3) is 5.65 Å². The highest BCUT2D eigenvalue weighted by Crippen LogP contribution is 2.27. The number of nitrogens with zero attached hydrogens (tertiary/aromatic N) is 5. The Bertz CT molecular complexity index is 948. The fourth-order valence-electron chi connectivity index (χ4n) is 2.35. The van der Waals surface area contributed by atoms with Gasteiger partial charge in [-0.1, -0.05) is 11.6 Å². The fraction of sp³-hybridized carbons (Fsp3) is 0.176. The lowest BCUT2D eigenvalue weighted by Gasteiger charge is -2.11. The summed E-state index contributed by atoms with van der Waals surface area (Å²) in [5.74, 6) is -0.627. The van der Waals surface area contributed by atoms with Crippen molar-refractivity contribution in [3.8, 4) is 0 Å². The van der Waals surface area contributed by atoms with Crippen molar-refractivity contribution in [2.45, 2.75) is 6.42 Å². The number of carbonyl (C=O) groups is 1. The van der Waals surface area contributed by atoms with E-state index in [-0.39, 0.29) is 6.42 Å². The summed E-state index contributed by atoms with van der Waals surface area (Å²) in [4.78, 5) is 17.4. The molecule has 3 rings (SSSR count). The number of aromatic nitrogens is 2. The van der Waals surface area contributed by atoms with E-state index in [0.717, 1.165) is 5.69 Å². The van der Waals surface area contributed by atoms with Crippen molar-refractivity contribution in [2.24, 2.45) is 10.2 Å². The van der Waals surface area contributed by atoms with Gasteiger partial charge in [0.15, 0.2) is 5.82 Å². The molecule has 1 aromatic carbocycles. The molecule has 0 saturated carbocycles. The standard InChI is InChI=1S/C17H16ClN5O2/c1-22(2)13-6-4-12(5-7-13)20-21-17-14(9-16(24)25)19-15-8-3-11(18)10-23(15)17/h3-8,10H,9H2,1-2H3,(H,24,25). The van der Waals surface area contributed by atoms with E-state index in [4.69, 9.17) is 16.7 Å². The molecular weight excluding hydrogens is 342 g/mol. The second-order valence-corrected chi connectivity index (χ2v) is 6.08. The van der Waals surface area contributed by atoms with Crippen LogP contribution in [-0.2, 0) is 11.2 Å². The Morgan fingerprint density at radius 3 is 2.56 bits per heavy atom. The first-order valence-corrected chi connectivity index (χ1v) is 7.89. The molecule has 0 saturated heterocycles. The van der Waals surface area contributed by atoms with Crippen LogP contribution in [0.5, 0.6) is 0 Å². The Hall–Kier alpha value is -2.93. The van der Waals surface area contributed by atoms with Crippen molar-refractivity contribution < 1.29 is 9.90 Å². The van der Waals surface area contributed by atoms with Gasteiger partial charge >= 0.3 is 5.97 Å². The molecule has 1 N–H and O–H groups in total. The van der Waals surface area contributed by atoms with Crippen LogP contribution >= 0.6 is 11.6 Å². The minimum Gasteiger partial charge on any atom is -0.481 e. The average molecular weight is 358 g/mol. The molecule has 0 atom stereocenters. The summed E-state index contributed by atoms with van der Waals surface area (Å²) in [6.45, 7) is 0. The zero-order valence-corrected chi connectivity index (χ0v) is 14.5. The van der Waals surface area contributed by atoms with Gasteiger partial charge < -0.3 is 10.0 Å². The number of fused-ring (bicyclic) bond motifs is 1. The number of hydrogen-bond donors (Lipinski definition) is 1. The molecule has 0 spiro atoms. The largest absolute Gasteiger partial charge is 0.481 e. The molecule has 0 radical (unpaired) electrons. The van der Waals surface area contributed by atoms with Gasteiger partial charge in [0, 0.05) is 26.0 Å². The Labute approximate surface area is 149 Å². The van der Waals surface area contributed by atoms with Gasteiger partial charge in [0.25, 0.3) is 0 Å². The van der Waals surface area contributed by atoms with Crippen LogP contribution in [0.15, 0.2) is 52.8 Å². The van der Waals surface area contributed by atoms with E-state index in [0.29, 0.717) is 27.9 Å². The van der Waals surface area contributed by atoms with Gasteiger partial charge in [-0.15, -0.1) is 10.2 Å². The third-order valence-electron chi connectivity index (χ3n) is 3.57. The maximum atomic E-state index is 11.1. The molecule has 0 fully saturated rings. The van der Waals surface area contributed by atoms with E-state index >= 15 is 0 Å². The topological polar surface area (TPSA) is 82.6 Å². The number of hydrogen-bond acceptors (Lipinski definition) is 5. The van der Waals surface area contributed by atoms with Gasteiger partial charge in [0.05, 0.1) is 22.8 Å². The lowest BCUT2D eigenvalue weighted by molar-refractivity contribution is -0.136. The van der Waals surface area contributed by atoms with Crippen LogP contribution in [0.1, 0.15) is 5.69 Å². The van der Waals surface area contributed by atoms with Crippen molar-refractivity contribution in [3.05, 3.63) is 53.3 Å². The fourth-order valence-corrected chi connectivity index (χ4v) is 2.51. The zero-order valence-electron chi connectivity index (χ0n) is 13.7. The number of carboxylic acids is 1. The number of halogens is 1. The summed E-state index contributed by atoms with van der Waals surface area (Å²) < 4.78 is 1.64. The quantitative estimate of drug-likeness (QED) is 0.697. The summed E-state index contributed by atoms with van der Waals surface area (Å²) >= 11 is 6.03. The molecule has 7 nitrogen and oxygen atoms in total. The van der Waals surface area contributed by atoms with Crippen LogP contribution in [0.3, 0.4) is 0 Å². The Kier molecular flexibility index (Phi) is 4.67. The second kappa shape index (κ2) is 6.90. The molecule has 0 aliphatic rings. The van der Waals surface area contributed by atoms with E-state index < -0.39 is 5.97 Å². The number of carboxylic acid groups (broad SMARTS) is 1. The number of pyridine rings is 1. The van der Waals surface area contributed by atoms with Crippen molar-refractivity contribution >= 4 is 40.4 Å². The molecule has 25 heavy (non-hydrogen) atoms. The molecular formula is C17H16ClN5O2. The molecule has 2 heterocycles. The van der Waals surface area contributed by atoms with Crippen LogP contribution in [0.4, 0.5) is 17.2 Å². The first kappa shape index (κ1) is 16.9. The number of benzene rings is 1. The van der Waals surface area contributed by atoms with Crippen LogP contribution in [0.2, 0.25) is 5.02 Å². The molecule has 128 valence electrons. The monoisotopic (exact) mass is 357 g/mol. The van der Waals surface area contributed by atoms with Gasteiger partial charge in [-0.3, -0.25) is 9.20 Å². The Balaban J connectivity index is 2.00. The number of rotatable bonds is 5. The maximum Gasteiger partial charge on any atom is 0.309 e. The molecule has 0 aliphatic heterocycles. The van der Waals surface area contributed by atoms with Crippen molar-refractivity contribution in [1.29, 1.82) is 0 Å².